The van der Waals surface area contributed by atoms with Crippen molar-refractivity contribution in [1.82, 2.24) is 10.3 Å². The number of hydrogen-bond donors (Lipinski definition) is 1. The average Bonchev–Trinajstić information content (AvgIpc) is 2.50. The van der Waals surface area contributed by atoms with E-state index in [1.54, 1.807) is 0 Å². The molecule has 0 saturated heterocycles. The molecule has 0 aliphatic rings. The number of benzene rings is 1. The molecule has 0 radical (unpaired) electrons. The molecule has 1 heterocycles. The van der Waals surface area contributed by atoms with Crippen molar-refractivity contribution >= 4 is 29.1 Å². The van der Waals surface area contributed by atoms with Crippen LogP contribution in [0.15, 0.2) is 42.6 Å². The van der Waals surface area contributed by atoms with Crippen molar-refractivity contribution in [3.63, 3.8) is 0 Å². The number of aromatic nitrogens is 1. The van der Waals surface area contributed by atoms with Crippen molar-refractivity contribution in [2.24, 2.45) is 0 Å². The molecular formula is C16H16Cl2N2O. The molecule has 0 aliphatic carbocycles. The Hall–Kier alpha value is -1.58. The summed E-state index contributed by atoms with van der Waals surface area (Å²) in [5.41, 5.74) is 1.41. The first kappa shape index (κ1) is 15.8. The maximum absolute atomic E-state index is 12.4. The highest BCUT2D eigenvalue weighted by Gasteiger charge is 2.17. The van der Waals surface area contributed by atoms with E-state index in [1.165, 1.54) is 12.3 Å². The van der Waals surface area contributed by atoms with E-state index >= 15 is 0 Å². The quantitative estimate of drug-likeness (QED) is 0.813. The molecular weight excluding hydrogens is 307 g/mol. The summed E-state index contributed by atoms with van der Waals surface area (Å²) in [5, 5.41) is 3.55. The Labute approximate surface area is 134 Å². The van der Waals surface area contributed by atoms with Crippen LogP contribution < -0.4 is 5.32 Å². The SMILES string of the molecule is CCCC(NC(=O)c1cc(Cl)ncc1Cl)c1ccccc1. The minimum atomic E-state index is -0.244. The van der Waals surface area contributed by atoms with E-state index < -0.39 is 0 Å². The number of amides is 1. The van der Waals surface area contributed by atoms with Crippen LogP contribution in [0.5, 0.6) is 0 Å². The summed E-state index contributed by atoms with van der Waals surface area (Å²) in [6.07, 6.45) is 3.20. The molecule has 1 N–H and O–H groups in total. The first-order valence-electron chi connectivity index (χ1n) is 6.78. The van der Waals surface area contributed by atoms with Crippen LogP contribution in [0.3, 0.4) is 0 Å². The van der Waals surface area contributed by atoms with E-state index in [9.17, 15) is 4.79 Å². The van der Waals surface area contributed by atoms with Gasteiger partial charge in [-0.3, -0.25) is 4.79 Å². The molecule has 1 unspecified atom stereocenters. The fraction of sp³-hybridized carbons (Fsp3) is 0.250. The van der Waals surface area contributed by atoms with Gasteiger partial charge in [0.05, 0.1) is 16.6 Å². The van der Waals surface area contributed by atoms with Crippen LogP contribution >= 0.6 is 23.2 Å². The fourth-order valence-corrected chi connectivity index (χ4v) is 2.47. The van der Waals surface area contributed by atoms with Crippen LogP contribution in [0.4, 0.5) is 0 Å². The lowest BCUT2D eigenvalue weighted by Gasteiger charge is -2.19. The van der Waals surface area contributed by atoms with Gasteiger partial charge in [0, 0.05) is 6.20 Å². The lowest BCUT2D eigenvalue weighted by atomic mass is 10.0. The van der Waals surface area contributed by atoms with Gasteiger partial charge in [0.1, 0.15) is 5.15 Å². The third-order valence-corrected chi connectivity index (χ3v) is 3.66. The summed E-state index contributed by atoms with van der Waals surface area (Å²) in [5.74, 6) is -0.244. The molecule has 5 heteroatoms. The van der Waals surface area contributed by atoms with Gasteiger partial charge in [0.15, 0.2) is 0 Å². The maximum atomic E-state index is 12.4. The van der Waals surface area contributed by atoms with Gasteiger partial charge in [0.25, 0.3) is 5.91 Å². The monoisotopic (exact) mass is 322 g/mol. The summed E-state index contributed by atoms with van der Waals surface area (Å²) in [6, 6.07) is 11.3. The van der Waals surface area contributed by atoms with Crippen molar-refractivity contribution < 1.29 is 4.79 Å². The number of nitrogens with one attached hydrogen (secondary N) is 1. The van der Waals surface area contributed by atoms with Gasteiger partial charge in [-0.05, 0) is 18.1 Å². The molecule has 0 aliphatic heterocycles. The zero-order valence-corrected chi connectivity index (χ0v) is 13.2. The summed E-state index contributed by atoms with van der Waals surface area (Å²) in [4.78, 5) is 16.2. The highest BCUT2D eigenvalue weighted by Crippen LogP contribution is 2.22. The largest absolute Gasteiger partial charge is 0.345 e. The second kappa shape index (κ2) is 7.43. The summed E-state index contributed by atoms with van der Waals surface area (Å²) < 4.78 is 0. The van der Waals surface area contributed by atoms with Crippen molar-refractivity contribution in [2.75, 3.05) is 0 Å². The molecule has 2 rings (SSSR count). The number of pyridine rings is 1. The molecule has 2 aromatic rings. The number of carbonyl (C=O) groups is 1. The van der Waals surface area contributed by atoms with Crippen LogP contribution in [-0.4, -0.2) is 10.9 Å². The van der Waals surface area contributed by atoms with Crippen LogP contribution in [-0.2, 0) is 0 Å². The van der Waals surface area contributed by atoms with E-state index in [-0.39, 0.29) is 17.1 Å². The number of halogens is 2. The lowest BCUT2D eigenvalue weighted by molar-refractivity contribution is 0.0934. The molecule has 1 amide bonds. The van der Waals surface area contributed by atoms with Gasteiger partial charge < -0.3 is 5.32 Å². The number of carbonyl (C=O) groups excluding carboxylic acids is 1. The van der Waals surface area contributed by atoms with E-state index in [4.69, 9.17) is 23.2 Å². The van der Waals surface area contributed by atoms with E-state index in [0.717, 1.165) is 18.4 Å². The Kier molecular flexibility index (Phi) is 5.59. The second-order valence-electron chi connectivity index (χ2n) is 4.71. The molecule has 3 nitrogen and oxygen atoms in total. The first-order valence-corrected chi connectivity index (χ1v) is 7.54. The van der Waals surface area contributed by atoms with Crippen LogP contribution in [0, 0.1) is 0 Å². The molecule has 1 aromatic carbocycles. The Bertz CT molecular complexity index is 617. The Morgan fingerprint density at radius 2 is 2.00 bits per heavy atom. The van der Waals surface area contributed by atoms with E-state index in [2.05, 4.69) is 17.2 Å². The number of rotatable bonds is 5. The van der Waals surface area contributed by atoms with Crippen LogP contribution in [0.1, 0.15) is 41.7 Å². The zero-order valence-electron chi connectivity index (χ0n) is 11.6. The van der Waals surface area contributed by atoms with Gasteiger partial charge >= 0.3 is 0 Å². The van der Waals surface area contributed by atoms with Gasteiger partial charge in [0.2, 0.25) is 0 Å². The lowest BCUT2D eigenvalue weighted by Crippen LogP contribution is -2.28. The average molecular weight is 323 g/mol. The normalized spacial score (nSPS) is 12.0. The smallest absolute Gasteiger partial charge is 0.253 e. The predicted molar refractivity (Wildman–Crippen MR) is 85.8 cm³/mol. The molecule has 0 bridgehead atoms. The van der Waals surface area contributed by atoms with Gasteiger partial charge in [-0.1, -0.05) is 66.9 Å². The standard InChI is InChI=1S/C16H16Cl2N2O/c1-2-6-14(11-7-4-3-5-8-11)20-16(21)12-9-15(18)19-10-13(12)17/h3-5,7-10,14H,2,6H2,1H3,(H,20,21). The van der Waals surface area contributed by atoms with Crippen molar-refractivity contribution in [3.8, 4) is 0 Å². The second-order valence-corrected chi connectivity index (χ2v) is 5.51. The first-order chi connectivity index (χ1) is 10.1. The summed E-state index contributed by atoms with van der Waals surface area (Å²) >= 11 is 11.8. The maximum Gasteiger partial charge on any atom is 0.253 e. The molecule has 110 valence electrons. The van der Waals surface area contributed by atoms with Gasteiger partial charge in [-0.25, -0.2) is 4.98 Å². The van der Waals surface area contributed by atoms with Crippen molar-refractivity contribution in [1.29, 1.82) is 0 Å². The topological polar surface area (TPSA) is 42.0 Å². The zero-order chi connectivity index (χ0) is 15.2. The number of nitrogens with zero attached hydrogens (tertiary/aromatic N) is 1. The minimum absolute atomic E-state index is 0.0493. The molecule has 21 heavy (non-hydrogen) atoms. The van der Waals surface area contributed by atoms with E-state index in [1.807, 2.05) is 30.3 Å². The van der Waals surface area contributed by atoms with E-state index in [0.29, 0.717) is 10.6 Å². The molecule has 0 saturated carbocycles. The Morgan fingerprint density at radius 3 is 2.67 bits per heavy atom. The van der Waals surface area contributed by atoms with Gasteiger partial charge in [-0.2, -0.15) is 0 Å². The fourth-order valence-electron chi connectivity index (χ4n) is 2.12. The molecule has 0 spiro atoms. The highest BCUT2D eigenvalue weighted by atomic mass is 35.5. The van der Waals surface area contributed by atoms with Crippen molar-refractivity contribution in [2.45, 2.75) is 25.8 Å². The molecule has 1 aromatic heterocycles. The van der Waals surface area contributed by atoms with Crippen molar-refractivity contribution in [3.05, 3.63) is 63.9 Å². The van der Waals surface area contributed by atoms with Gasteiger partial charge in [-0.15, -0.1) is 0 Å². The Morgan fingerprint density at radius 1 is 1.29 bits per heavy atom. The molecule has 1 atom stereocenters. The third-order valence-electron chi connectivity index (χ3n) is 3.15. The highest BCUT2D eigenvalue weighted by molar-refractivity contribution is 6.35. The minimum Gasteiger partial charge on any atom is -0.345 e. The number of hydrogen-bond acceptors (Lipinski definition) is 2. The van der Waals surface area contributed by atoms with Crippen LogP contribution in [0.25, 0.3) is 0 Å². The summed E-state index contributed by atoms with van der Waals surface area (Å²) in [6.45, 7) is 2.08. The summed E-state index contributed by atoms with van der Waals surface area (Å²) in [7, 11) is 0. The Balaban J connectivity index is 2.20. The third kappa shape index (κ3) is 4.19. The van der Waals surface area contributed by atoms with Crippen LogP contribution in [0.2, 0.25) is 10.2 Å². The molecule has 0 fully saturated rings. The predicted octanol–water partition coefficient (Wildman–Crippen LogP) is 4.66.